The Kier molecular flexibility index (Phi) is 7.98. The second kappa shape index (κ2) is 10.7. The molecule has 1 unspecified atom stereocenters. The highest BCUT2D eigenvalue weighted by Crippen LogP contribution is 2.30. The number of benzene rings is 2. The van der Waals surface area contributed by atoms with Gasteiger partial charge >= 0.3 is 0 Å². The predicted molar refractivity (Wildman–Crippen MR) is 123 cm³/mol. The van der Waals surface area contributed by atoms with Gasteiger partial charge in [0.25, 0.3) is 0 Å². The second-order valence-electron chi connectivity index (χ2n) is 7.18. The highest BCUT2D eigenvalue weighted by molar-refractivity contribution is 7.99. The fourth-order valence-corrected chi connectivity index (χ4v) is 4.07. The van der Waals surface area contributed by atoms with Gasteiger partial charge in [0, 0.05) is 11.1 Å². The number of ether oxygens (including phenoxy) is 2. The first-order valence-corrected chi connectivity index (χ1v) is 11.3. The number of aromatic nitrogens is 3. The fourth-order valence-electron chi connectivity index (χ4n) is 3.03. The van der Waals surface area contributed by atoms with Gasteiger partial charge in [0.1, 0.15) is 5.75 Å². The van der Waals surface area contributed by atoms with E-state index in [-0.39, 0.29) is 23.5 Å². The Labute approximate surface area is 195 Å². The van der Waals surface area contributed by atoms with E-state index in [1.807, 2.05) is 18.4 Å². The largest absolute Gasteiger partial charge is 0.495 e. The smallest absolute Gasteiger partial charge is 0.234 e. The molecule has 170 valence electrons. The molecule has 3 aromatic rings. The SMILES string of the molecule is COc1ccc(Cl)cc1NC(=O)CSc1nnc(C(C)Oc2ccccc2F)n1C(C)C. The number of carbonyl (C=O) groups is 1. The van der Waals surface area contributed by atoms with Crippen molar-refractivity contribution in [3.05, 3.63) is 59.1 Å². The minimum atomic E-state index is -0.541. The van der Waals surface area contributed by atoms with E-state index in [4.69, 9.17) is 21.1 Å². The first-order valence-electron chi connectivity index (χ1n) is 9.92. The normalized spacial score (nSPS) is 12.0. The maximum absolute atomic E-state index is 14.0. The van der Waals surface area contributed by atoms with Gasteiger partial charge in [-0.2, -0.15) is 0 Å². The summed E-state index contributed by atoms with van der Waals surface area (Å²) in [4.78, 5) is 12.5. The molecule has 1 amide bonds. The molecule has 10 heteroatoms. The average molecular weight is 479 g/mol. The minimum absolute atomic E-state index is 0.00487. The molecule has 1 aromatic heterocycles. The van der Waals surface area contributed by atoms with Crippen LogP contribution in [0.25, 0.3) is 0 Å². The number of thioether (sulfide) groups is 1. The molecule has 1 heterocycles. The number of nitrogens with zero attached hydrogens (tertiary/aromatic N) is 3. The third-order valence-electron chi connectivity index (χ3n) is 4.48. The van der Waals surface area contributed by atoms with Gasteiger partial charge in [-0.15, -0.1) is 10.2 Å². The van der Waals surface area contributed by atoms with E-state index in [0.29, 0.717) is 27.4 Å². The lowest BCUT2D eigenvalue weighted by atomic mass is 10.3. The van der Waals surface area contributed by atoms with Crippen LogP contribution in [0.2, 0.25) is 5.02 Å². The van der Waals surface area contributed by atoms with Gasteiger partial charge < -0.3 is 19.4 Å². The number of hydrogen-bond acceptors (Lipinski definition) is 6. The van der Waals surface area contributed by atoms with Crippen molar-refractivity contribution in [2.24, 2.45) is 0 Å². The third-order valence-corrected chi connectivity index (χ3v) is 5.66. The van der Waals surface area contributed by atoms with E-state index in [1.54, 1.807) is 43.3 Å². The molecular formula is C22H24ClFN4O3S. The van der Waals surface area contributed by atoms with Gasteiger partial charge in [-0.3, -0.25) is 4.79 Å². The lowest BCUT2D eigenvalue weighted by Gasteiger charge is -2.19. The maximum Gasteiger partial charge on any atom is 0.234 e. The van der Waals surface area contributed by atoms with Crippen LogP contribution in [0.15, 0.2) is 47.6 Å². The van der Waals surface area contributed by atoms with Crippen molar-refractivity contribution in [2.45, 2.75) is 38.1 Å². The summed E-state index contributed by atoms with van der Waals surface area (Å²) in [5, 5.41) is 12.3. The molecule has 0 saturated heterocycles. The number of rotatable bonds is 9. The first-order chi connectivity index (χ1) is 15.3. The summed E-state index contributed by atoms with van der Waals surface area (Å²) < 4.78 is 26.9. The van der Waals surface area contributed by atoms with Crippen LogP contribution in [0.3, 0.4) is 0 Å². The predicted octanol–water partition coefficient (Wildman–Crippen LogP) is 5.53. The number of anilines is 1. The molecule has 0 fully saturated rings. The monoisotopic (exact) mass is 478 g/mol. The Morgan fingerprint density at radius 1 is 1.19 bits per heavy atom. The maximum atomic E-state index is 14.0. The zero-order valence-electron chi connectivity index (χ0n) is 18.1. The van der Waals surface area contributed by atoms with E-state index in [2.05, 4.69) is 15.5 Å². The van der Waals surface area contributed by atoms with Gasteiger partial charge in [0.2, 0.25) is 5.91 Å². The fraction of sp³-hybridized carbons (Fsp3) is 0.318. The number of methoxy groups -OCH3 is 1. The summed E-state index contributed by atoms with van der Waals surface area (Å²) in [6, 6.07) is 11.2. The van der Waals surface area contributed by atoms with Crippen LogP contribution < -0.4 is 14.8 Å². The van der Waals surface area contributed by atoms with E-state index >= 15 is 0 Å². The molecule has 0 saturated carbocycles. The molecule has 2 aromatic carbocycles. The zero-order chi connectivity index (χ0) is 23.3. The lowest BCUT2D eigenvalue weighted by Crippen LogP contribution is -2.17. The number of amides is 1. The van der Waals surface area contributed by atoms with Crippen LogP contribution in [0.4, 0.5) is 10.1 Å². The molecule has 0 aliphatic rings. The van der Waals surface area contributed by atoms with Crippen molar-refractivity contribution in [3.8, 4) is 11.5 Å². The summed E-state index contributed by atoms with van der Waals surface area (Å²) in [7, 11) is 1.52. The van der Waals surface area contributed by atoms with Crippen LogP contribution in [0.1, 0.15) is 38.7 Å². The molecule has 0 spiro atoms. The van der Waals surface area contributed by atoms with Gasteiger partial charge in [-0.1, -0.05) is 35.5 Å². The molecule has 0 bridgehead atoms. The number of halogens is 2. The molecular weight excluding hydrogens is 455 g/mol. The quantitative estimate of drug-likeness (QED) is 0.407. The van der Waals surface area contributed by atoms with Crippen LogP contribution >= 0.6 is 23.4 Å². The molecule has 32 heavy (non-hydrogen) atoms. The van der Waals surface area contributed by atoms with Gasteiger partial charge in [-0.05, 0) is 51.1 Å². The Balaban J connectivity index is 1.71. The molecule has 0 radical (unpaired) electrons. The molecule has 1 atom stereocenters. The Hall–Kier alpha value is -2.78. The topological polar surface area (TPSA) is 78.3 Å². The van der Waals surface area contributed by atoms with Crippen molar-refractivity contribution in [2.75, 3.05) is 18.2 Å². The van der Waals surface area contributed by atoms with Crippen LogP contribution in [-0.2, 0) is 4.79 Å². The highest BCUT2D eigenvalue weighted by atomic mass is 35.5. The molecule has 3 rings (SSSR count). The van der Waals surface area contributed by atoms with Crippen molar-refractivity contribution in [3.63, 3.8) is 0 Å². The van der Waals surface area contributed by atoms with Crippen molar-refractivity contribution >= 4 is 35.0 Å². The summed E-state index contributed by atoms with van der Waals surface area (Å²) in [6.45, 7) is 5.73. The van der Waals surface area contributed by atoms with Crippen LogP contribution in [0.5, 0.6) is 11.5 Å². The van der Waals surface area contributed by atoms with Crippen molar-refractivity contribution in [1.82, 2.24) is 14.8 Å². The number of hydrogen-bond donors (Lipinski definition) is 1. The molecule has 0 aliphatic heterocycles. The summed E-state index contributed by atoms with van der Waals surface area (Å²) >= 11 is 7.26. The summed E-state index contributed by atoms with van der Waals surface area (Å²) in [5.74, 6) is 0.608. The van der Waals surface area contributed by atoms with Crippen LogP contribution in [-0.4, -0.2) is 33.5 Å². The first kappa shape index (κ1) is 23.9. The summed E-state index contributed by atoms with van der Waals surface area (Å²) in [5.41, 5.74) is 0.489. The molecule has 0 aliphatic carbocycles. The highest BCUT2D eigenvalue weighted by Gasteiger charge is 2.23. The van der Waals surface area contributed by atoms with E-state index in [0.717, 1.165) is 0 Å². The van der Waals surface area contributed by atoms with Crippen molar-refractivity contribution in [1.29, 1.82) is 0 Å². The van der Waals surface area contributed by atoms with E-state index in [9.17, 15) is 9.18 Å². The average Bonchev–Trinajstić information content (AvgIpc) is 3.18. The zero-order valence-corrected chi connectivity index (χ0v) is 19.7. The third kappa shape index (κ3) is 5.72. The minimum Gasteiger partial charge on any atom is -0.495 e. The Morgan fingerprint density at radius 3 is 2.62 bits per heavy atom. The van der Waals surface area contributed by atoms with E-state index < -0.39 is 11.9 Å². The second-order valence-corrected chi connectivity index (χ2v) is 8.56. The van der Waals surface area contributed by atoms with Crippen LogP contribution in [0, 0.1) is 5.82 Å². The number of nitrogens with one attached hydrogen (secondary N) is 1. The van der Waals surface area contributed by atoms with E-state index in [1.165, 1.54) is 24.9 Å². The van der Waals surface area contributed by atoms with Crippen molar-refractivity contribution < 1.29 is 18.7 Å². The standard InChI is InChI=1S/C22H24ClFN4O3S/c1-13(2)28-21(14(3)31-18-8-6-5-7-16(18)24)26-27-22(28)32-12-20(29)25-17-11-15(23)9-10-19(17)30-4/h5-11,13-14H,12H2,1-4H3,(H,25,29). The molecule has 1 N–H and O–H groups in total. The molecule has 7 nitrogen and oxygen atoms in total. The number of carbonyl (C=O) groups excluding carboxylic acids is 1. The van der Waals surface area contributed by atoms with Gasteiger partial charge in [0.05, 0.1) is 18.6 Å². The Morgan fingerprint density at radius 2 is 1.94 bits per heavy atom. The summed E-state index contributed by atoms with van der Waals surface area (Å²) in [6.07, 6.45) is -0.541. The van der Waals surface area contributed by atoms with Gasteiger partial charge in [0.15, 0.2) is 28.7 Å². The van der Waals surface area contributed by atoms with Gasteiger partial charge in [-0.25, -0.2) is 4.39 Å². The number of para-hydroxylation sites is 1. The Bertz CT molecular complexity index is 1090. The lowest BCUT2D eigenvalue weighted by molar-refractivity contribution is -0.113.